The molecule has 0 atom stereocenters. The van der Waals surface area contributed by atoms with E-state index in [1.165, 1.54) is 18.2 Å². The molecule has 1 aromatic carbocycles. The van der Waals surface area contributed by atoms with Gasteiger partial charge >= 0.3 is 0 Å². The van der Waals surface area contributed by atoms with E-state index < -0.39 is 5.91 Å². The Kier molecular flexibility index (Phi) is 2.91. The first-order chi connectivity index (χ1) is 8.06. The number of halogens is 1. The minimum absolute atomic E-state index is 0.274. The number of hydrogen-bond donors (Lipinski definition) is 2. The molecule has 2 rings (SSSR count). The molecule has 4 N–H and O–H groups in total. The minimum atomic E-state index is -0.517. The number of fused-ring (bicyclic) bond motifs is 1. The number of carbonyl (C=O) groups is 1. The highest BCUT2D eigenvalue weighted by molar-refractivity contribution is 6.02. The van der Waals surface area contributed by atoms with Crippen LogP contribution in [0.3, 0.4) is 0 Å². The molecule has 0 fully saturated rings. The quantitative estimate of drug-likeness (QED) is 0.430. The van der Waals surface area contributed by atoms with Gasteiger partial charge in [-0.05, 0) is 41.7 Å². The topological polar surface area (TPSA) is 81.5 Å². The van der Waals surface area contributed by atoms with E-state index in [0.717, 1.165) is 23.1 Å². The third kappa shape index (κ3) is 2.50. The molecule has 0 aliphatic heterocycles. The van der Waals surface area contributed by atoms with Crippen molar-refractivity contribution in [2.24, 2.45) is 16.5 Å². The first-order valence-corrected chi connectivity index (χ1v) is 5.19. The molecule has 5 heteroatoms. The molecular formula is C12H12FN3O. The Bertz CT molecular complexity index is 531. The number of aliphatic imine (C=N–C) groups is 1. The molecule has 0 radical (unpaired) electrons. The predicted octanol–water partition coefficient (Wildman–Crippen LogP) is 0.955. The molecule has 0 saturated carbocycles. The van der Waals surface area contributed by atoms with Gasteiger partial charge in [-0.3, -0.25) is 4.79 Å². The largest absolute Gasteiger partial charge is 0.370 e. The summed E-state index contributed by atoms with van der Waals surface area (Å²) in [6.45, 7) is 0. The summed E-state index contributed by atoms with van der Waals surface area (Å²) in [5.41, 5.74) is 12.8. The molecule has 0 bridgehead atoms. The van der Waals surface area contributed by atoms with Gasteiger partial charge in [0.1, 0.15) is 5.82 Å². The fraction of sp³-hybridized carbons (Fsp3) is 0.167. The van der Waals surface area contributed by atoms with E-state index in [-0.39, 0.29) is 11.8 Å². The van der Waals surface area contributed by atoms with Gasteiger partial charge in [0.2, 0.25) is 0 Å². The molecule has 4 nitrogen and oxygen atoms in total. The molecule has 1 aliphatic carbocycles. The summed E-state index contributed by atoms with van der Waals surface area (Å²) in [4.78, 5) is 14.8. The number of guanidine groups is 1. The van der Waals surface area contributed by atoms with E-state index >= 15 is 0 Å². The average Bonchev–Trinajstić information content (AvgIpc) is 2.60. The van der Waals surface area contributed by atoms with E-state index in [4.69, 9.17) is 11.5 Å². The highest BCUT2D eigenvalue weighted by atomic mass is 19.1. The molecule has 1 aliphatic rings. The number of allylic oxidation sites excluding steroid dienone is 1. The standard InChI is InChI=1S/C12H12FN3O/c13-9-4-3-7-1-2-8(10(7)6-9)5-11(17)16-12(14)15/h3-6H,1-2H2,(H4,14,15,16,17)/b8-5+. The molecule has 0 aromatic heterocycles. The Labute approximate surface area is 97.8 Å². The first kappa shape index (κ1) is 11.3. The molecule has 1 amide bonds. The van der Waals surface area contributed by atoms with Crippen molar-refractivity contribution in [3.05, 3.63) is 41.2 Å². The maximum absolute atomic E-state index is 13.1. The summed E-state index contributed by atoms with van der Waals surface area (Å²) < 4.78 is 13.1. The first-order valence-electron chi connectivity index (χ1n) is 5.19. The van der Waals surface area contributed by atoms with Crippen LogP contribution in [0.4, 0.5) is 4.39 Å². The van der Waals surface area contributed by atoms with Gasteiger partial charge < -0.3 is 11.5 Å². The number of aryl methyl sites for hydroxylation is 1. The lowest BCUT2D eigenvalue weighted by molar-refractivity contribution is -0.113. The van der Waals surface area contributed by atoms with Gasteiger partial charge in [-0.25, -0.2) is 4.39 Å². The van der Waals surface area contributed by atoms with E-state index in [1.807, 2.05) is 0 Å². The van der Waals surface area contributed by atoms with Crippen LogP contribution in [0.1, 0.15) is 17.5 Å². The van der Waals surface area contributed by atoms with Crippen molar-refractivity contribution in [1.29, 1.82) is 0 Å². The van der Waals surface area contributed by atoms with E-state index in [1.54, 1.807) is 6.07 Å². The molecule has 88 valence electrons. The van der Waals surface area contributed by atoms with Gasteiger partial charge in [0.15, 0.2) is 5.96 Å². The molecule has 0 heterocycles. The van der Waals surface area contributed by atoms with Gasteiger partial charge in [-0.15, -0.1) is 0 Å². The third-order valence-electron chi connectivity index (χ3n) is 2.62. The molecule has 0 saturated heterocycles. The second-order valence-electron chi connectivity index (χ2n) is 3.85. The lowest BCUT2D eigenvalue weighted by Crippen LogP contribution is -2.23. The van der Waals surface area contributed by atoms with Crippen LogP contribution in [0.2, 0.25) is 0 Å². The maximum atomic E-state index is 13.1. The van der Waals surface area contributed by atoms with Crippen LogP contribution in [0, 0.1) is 5.82 Å². The highest BCUT2D eigenvalue weighted by Gasteiger charge is 2.17. The SMILES string of the molecule is NC(N)=NC(=O)/C=C1\CCc2ccc(F)cc21. The Hall–Kier alpha value is -2.17. The van der Waals surface area contributed by atoms with Crippen LogP contribution in [0.25, 0.3) is 5.57 Å². The zero-order chi connectivity index (χ0) is 12.4. The summed E-state index contributed by atoms with van der Waals surface area (Å²) in [5, 5.41) is 0. The third-order valence-corrected chi connectivity index (χ3v) is 2.62. The molecule has 0 spiro atoms. The maximum Gasteiger partial charge on any atom is 0.273 e. The van der Waals surface area contributed by atoms with Crippen molar-refractivity contribution >= 4 is 17.4 Å². The Morgan fingerprint density at radius 3 is 2.82 bits per heavy atom. The van der Waals surface area contributed by atoms with Crippen molar-refractivity contribution in [3.8, 4) is 0 Å². The number of nitrogens with two attached hydrogens (primary N) is 2. The number of benzene rings is 1. The van der Waals surface area contributed by atoms with Crippen LogP contribution in [0.5, 0.6) is 0 Å². The van der Waals surface area contributed by atoms with Crippen molar-refractivity contribution in [3.63, 3.8) is 0 Å². The van der Waals surface area contributed by atoms with Crippen LogP contribution in [-0.2, 0) is 11.2 Å². The van der Waals surface area contributed by atoms with Gasteiger partial charge in [0, 0.05) is 6.08 Å². The summed E-state index contributed by atoms with van der Waals surface area (Å²) in [5.74, 6) is -1.10. The fourth-order valence-corrected chi connectivity index (χ4v) is 1.93. The zero-order valence-electron chi connectivity index (χ0n) is 9.11. The van der Waals surface area contributed by atoms with Crippen LogP contribution in [0.15, 0.2) is 29.3 Å². The van der Waals surface area contributed by atoms with Gasteiger partial charge in [0.05, 0.1) is 0 Å². The Balaban J connectivity index is 2.33. The van der Waals surface area contributed by atoms with E-state index in [9.17, 15) is 9.18 Å². The predicted molar refractivity (Wildman–Crippen MR) is 63.5 cm³/mol. The second kappa shape index (κ2) is 4.37. The molecular weight excluding hydrogens is 221 g/mol. The summed E-state index contributed by atoms with van der Waals surface area (Å²) in [7, 11) is 0. The van der Waals surface area contributed by atoms with Gasteiger partial charge in [-0.2, -0.15) is 4.99 Å². The number of rotatable bonds is 1. The lowest BCUT2D eigenvalue weighted by Gasteiger charge is -2.00. The Morgan fingerprint density at radius 1 is 1.35 bits per heavy atom. The fourth-order valence-electron chi connectivity index (χ4n) is 1.93. The number of hydrogen-bond acceptors (Lipinski definition) is 1. The van der Waals surface area contributed by atoms with Crippen LogP contribution in [-0.4, -0.2) is 11.9 Å². The van der Waals surface area contributed by atoms with Crippen LogP contribution >= 0.6 is 0 Å². The molecule has 0 unspecified atom stereocenters. The Morgan fingerprint density at radius 2 is 2.12 bits per heavy atom. The summed E-state index contributed by atoms with van der Waals surface area (Å²) in [6, 6.07) is 4.58. The second-order valence-corrected chi connectivity index (χ2v) is 3.85. The number of amides is 1. The van der Waals surface area contributed by atoms with E-state index in [2.05, 4.69) is 4.99 Å². The van der Waals surface area contributed by atoms with Crippen molar-refractivity contribution in [2.75, 3.05) is 0 Å². The normalized spacial score (nSPS) is 15.7. The number of carbonyl (C=O) groups excluding carboxylic acids is 1. The summed E-state index contributed by atoms with van der Waals surface area (Å²) in [6.07, 6.45) is 2.85. The van der Waals surface area contributed by atoms with Crippen molar-refractivity contribution < 1.29 is 9.18 Å². The average molecular weight is 233 g/mol. The minimum Gasteiger partial charge on any atom is -0.370 e. The van der Waals surface area contributed by atoms with Gasteiger partial charge in [-0.1, -0.05) is 6.07 Å². The van der Waals surface area contributed by atoms with Crippen molar-refractivity contribution in [1.82, 2.24) is 0 Å². The molecule has 17 heavy (non-hydrogen) atoms. The van der Waals surface area contributed by atoms with Crippen molar-refractivity contribution in [2.45, 2.75) is 12.8 Å². The number of nitrogens with zero attached hydrogens (tertiary/aromatic N) is 1. The summed E-state index contributed by atoms with van der Waals surface area (Å²) >= 11 is 0. The lowest BCUT2D eigenvalue weighted by atomic mass is 10.1. The smallest absolute Gasteiger partial charge is 0.273 e. The van der Waals surface area contributed by atoms with Crippen LogP contribution < -0.4 is 11.5 Å². The monoisotopic (exact) mass is 233 g/mol. The molecule has 1 aromatic rings. The zero-order valence-corrected chi connectivity index (χ0v) is 9.11. The van der Waals surface area contributed by atoms with Gasteiger partial charge in [0.25, 0.3) is 5.91 Å². The van der Waals surface area contributed by atoms with E-state index in [0.29, 0.717) is 6.42 Å². The highest BCUT2D eigenvalue weighted by Crippen LogP contribution is 2.32.